The van der Waals surface area contributed by atoms with E-state index in [0.29, 0.717) is 12.6 Å². The van der Waals surface area contributed by atoms with Crippen molar-refractivity contribution in [2.75, 3.05) is 6.61 Å². The third-order valence-corrected chi connectivity index (χ3v) is 2.53. The van der Waals surface area contributed by atoms with Gasteiger partial charge in [0, 0.05) is 22.6 Å². The van der Waals surface area contributed by atoms with Gasteiger partial charge in [-0.15, -0.1) is 18.8 Å². The highest BCUT2D eigenvalue weighted by Gasteiger charge is 2.04. The minimum atomic E-state index is 0. The van der Waals surface area contributed by atoms with Crippen molar-refractivity contribution in [1.29, 1.82) is 0 Å². The first kappa shape index (κ1) is 16.3. The van der Waals surface area contributed by atoms with E-state index >= 15 is 0 Å². The van der Waals surface area contributed by atoms with Gasteiger partial charge in [0.05, 0.1) is 0 Å². The Morgan fingerprint density at radius 3 is 2.76 bits per heavy atom. The van der Waals surface area contributed by atoms with Gasteiger partial charge in [0.25, 0.3) is 0 Å². The van der Waals surface area contributed by atoms with Crippen LogP contribution < -0.4 is 10.1 Å². The van der Waals surface area contributed by atoms with E-state index in [1.54, 1.807) is 0 Å². The molecule has 0 aliphatic rings. The third kappa shape index (κ3) is 5.97. The van der Waals surface area contributed by atoms with Crippen LogP contribution in [0.1, 0.15) is 19.4 Å². The van der Waals surface area contributed by atoms with Crippen molar-refractivity contribution in [3.63, 3.8) is 0 Å². The molecule has 0 aliphatic carbocycles. The molecule has 94 valence electrons. The van der Waals surface area contributed by atoms with Crippen LogP contribution in [-0.4, -0.2) is 12.6 Å². The van der Waals surface area contributed by atoms with Gasteiger partial charge in [-0.05, 0) is 18.2 Å². The van der Waals surface area contributed by atoms with E-state index < -0.39 is 0 Å². The van der Waals surface area contributed by atoms with Crippen molar-refractivity contribution in [1.82, 2.24) is 5.32 Å². The summed E-state index contributed by atoms with van der Waals surface area (Å²) in [6, 6.07) is 6.37. The fourth-order valence-electron chi connectivity index (χ4n) is 1.26. The highest BCUT2D eigenvalue weighted by Crippen LogP contribution is 2.23. The molecule has 0 unspecified atom stereocenters. The number of hydrogen-bond acceptors (Lipinski definition) is 2. The van der Waals surface area contributed by atoms with Gasteiger partial charge in [0.1, 0.15) is 12.4 Å². The lowest BCUT2D eigenvalue weighted by Crippen LogP contribution is -2.22. The van der Waals surface area contributed by atoms with E-state index in [1.807, 2.05) is 18.2 Å². The number of ether oxygens (including phenoxy) is 1. The lowest BCUT2D eigenvalue weighted by molar-refractivity contribution is 0.364. The lowest BCUT2D eigenvalue weighted by Gasteiger charge is -2.13. The average Bonchev–Trinajstić information content (AvgIpc) is 2.25. The lowest BCUT2D eigenvalue weighted by atomic mass is 10.2. The Morgan fingerprint density at radius 1 is 1.47 bits per heavy atom. The van der Waals surface area contributed by atoms with Crippen molar-refractivity contribution in [3.8, 4) is 18.1 Å². The Labute approximate surface area is 118 Å². The molecule has 0 radical (unpaired) electrons. The largest absolute Gasteiger partial charge is 0.481 e. The molecule has 0 saturated carbocycles. The van der Waals surface area contributed by atoms with Gasteiger partial charge in [-0.25, -0.2) is 0 Å². The van der Waals surface area contributed by atoms with Gasteiger partial charge < -0.3 is 10.1 Å². The van der Waals surface area contributed by atoms with Crippen LogP contribution in [0.4, 0.5) is 0 Å². The van der Waals surface area contributed by atoms with Crippen molar-refractivity contribution in [2.24, 2.45) is 0 Å². The monoisotopic (exact) mass is 317 g/mol. The topological polar surface area (TPSA) is 21.3 Å². The van der Waals surface area contributed by atoms with Crippen molar-refractivity contribution >= 4 is 28.3 Å². The van der Waals surface area contributed by atoms with Gasteiger partial charge >= 0.3 is 0 Å². The molecule has 4 heteroatoms. The predicted molar refractivity (Wildman–Crippen MR) is 77.7 cm³/mol. The number of hydrogen-bond donors (Lipinski definition) is 1. The number of rotatable bonds is 5. The summed E-state index contributed by atoms with van der Waals surface area (Å²) in [6.45, 7) is 5.30. The summed E-state index contributed by atoms with van der Waals surface area (Å²) >= 11 is 3.45. The van der Waals surface area contributed by atoms with E-state index in [9.17, 15) is 0 Å². The van der Waals surface area contributed by atoms with Gasteiger partial charge in [-0.3, -0.25) is 0 Å². The summed E-state index contributed by atoms with van der Waals surface area (Å²) in [5.74, 6) is 3.31. The van der Waals surface area contributed by atoms with E-state index in [2.05, 4.69) is 41.0 Å². The van der Waals surface area contributed by atoms with E-state index in [-0.39, 0.29) is 12.4 Å². The van der Waals surface area contributed by atoms with Crippen LogP contribution in [0.3, 0.4) is 0 Å². The SMILES string of the molecule is C#CCOc1ccc(Br)cc1CNC(C)C.Cl. The maximum Gasteiger partial charge on any atom is 0.148 e. The summed E-state index contributed by atoms with van der Waals surface area (Å²) in [6.07, 6.45) is 5.18. The minimum Gasteiger partial charge on any atom is -0.481 e. The van der Waals surface area contributed by atoms with Crippen LogP contribution >= 0.6 is 28.3 Å². The zero-order valence-corrected chi connectivity index (χ0v) is 12.4. The van der Waals surface area contributed by atoms with E-state index in [0.717, 1.165) is 22.3 Å². The molecule has 0 spiro atoms. The smallest absolute Gasteiger partial charge is 0.148 e. The maximum absolute atomic E-state index is 5.48. The normalized spacial score (nSPS) is 9.59. The first-order chi connectivity index (χ1) is 7.63. The predicted octanol–water partition coefficient (Wildman–Crippen LogP) is 3.38. The van der Waals surface area contributed by atoms with Crippen LogP contribution in [-0.2, 0) is 6.54 Å². The van der Waals surface area contributed by atoms with Crippen molar-refractivity contribution in [2.45, 2.75) is 26.4 Å². The van der Waals surface area contributed by atoms with Crippen molar-refractivity contribution in [3.05, 3.63) is 28.2 Å². The Bertz CT molecular complexity index is 387. The third-order valence-electron chi connectivity index (χ3n) is 2.03. The minimum absolute atomic E-state index is 0. The Hall–Kier alpha value is -0.690. The molecule has 2 nitrogen and oxygen atoms in total. The van der Waals surface area contributed by atoms with Crippen LogP contribution in [0.5, 0.6) is 5.75 Å². The number of benzene rings is 1. The zero-order valence-electron chi connectivity index (χ0n) is 10.00. The highest BCUT2D eigenvalue weighted by atomic mass is 79.9. The van der Waals surface area contributed by atoms with Crippen molar-refractivity contribution < 1.29 is 4.74 Å². The molecular formula is C13H17BrClNO. The van der Waals surface area contributed by atoms with Gasteiger partial charge in [0.15, 0.2) is 0 Å². The number of nitrogens with one attached hydrogen (secondary N) is 1. The molecule has 0 fully saturated rings. The summed E-state index contributed by atoms with van der Waals surface area (Å²) in [4.78, 5) is 0. The number of halogens is 2. The van der Waals surface area contributed by atoms with Gasteiger partial charge in [0.2, 0.25) is 0 Å². The second kappa shape index (κ2) is 8.41. The molecule has 1 aromatic carbocycles. The molecule has 0 bridgehead atoms. The van der Waals surface area contributed by atoms with E-state index in [4.69, 9.17) is 11.2 Å². The summed E-state index contributed by atoms with van der Waals surface area (Å²) in [5.41, 5.74) is 1.11. The molecule has 1 rings (SSSR count). The first-order valence-corrected chi connectivity index (χ1v) is 6.01. The summed E-state index contributed by atoms with van der Waals surface area (Å²) in [7, 11) is 0. The Morgan fingerprint density at radius 2 is 2.18 bits per heavy atom. The van der Waals surface area contributed by atoms with Crippen LogP contribution in [0.25, 0.3) is 0 Å². The first-order valence-electron chi connectivity index (χ1n) is 5.21. The molecule has 0 aromatic heterocycles. The van der Waals surface area contributed by atoms with Crippen LogP contribution in [0.2, 0.25) is 0 Å². The molecule has 0 saturated heterocycles. The standard InChI is InChI=1S/C13H16BrNO.ClH/c1-4-7-16-13-6-5-12(14)8-11(13)9-15-10(2)3;/h1,5-6,8,10,15H,7,9H2,2-3H3;1H. The fraction of sp³-hybridized carbons (Fsp3) is 0.385. The van der Waals surface area contributed by atoms with Crippen LogP contribution in [0, 0.1) is 12.3 Å². The second-order valence-electron chi connectivity index (χ2n) is 3.78. The summed E-state index contributed by atoms with van der Waals surface area (Å²) < 4.78 is 6.52. The fourth-order valence-corrected chi connectivity index (χ4v) is 1.67. The Balaban J connectivity index is 0.00000256. The maximum atomic E-state index is 5.48. The van der Waals surface area contributed by atoms with E-state index in [1.165, 1.54) is 0 Å². The second-order valence-corrected chi connectivity index (χ2v) is 4.70. The molecule has 1 N–H and O–H groups in total. The molecule has 0 heterocycles. The van der Waals surface area contributed by atoms with Gasteiger partial charge in [-0.2, -0.15) is 0 Å². The number of terminal acetylenes is 1. The molecule has 1 aromatic rings. The quantitative estimate of drug-likeness (QED) is 0.840. The molecule has 17 heavy (non-hydrogen) atoms. The average molecular weight is 319 g/mol. The molecule has 0 aliphatic heterocycles. The highest BCUT2D eigenvalue weighted by molar-refractivity contribution is 9.10. The molecule has 0 atom stereocenters. The zero-order chi connectivity index (χ0) is 12.0. The molecule has 0 amide bonds. The molecular weight excluding hydrogens is 302 g/mol. The summed E-state index contributed by atoms with van der Waals surface area (Å²) in [5, 5.41) is 3.35. The Kier molecular flexibility index (Phi) is 8.07. The van der Waals surface area contributed by atoms with Crippen LogP contribution in [0.15, 0.2) is 22.7 Å². The van der Waals surface area contributed by atoms with Gasteiger partial charge in [-0.1, -0.05) is 35.7 Å².